The van der Waals surface area contributed by atoms with Gasteiger partial charge in [0.1, 0.15) is 0 Å². The SMILES string of the molecule is [Cr+4].[F-].[F-].c1ccc(C[c-]2cccc2)cc1.c1ccc(C[c-]2cccc2)cc1. The zero-order valence-electron chi connectivity index (χ0n) is 15.0. The van der Waals surface area contributed by atoms with Crippen molar-refractivity contribution in [3.63, 3.8) is 0 Å². The summed E-state index contributed by atoms with van der Waals surface area (Å²) in [6, 6.07) is 38.0. The van der Waals surface area contributed by atoms with Crippen LogP contribution in [-0.2, 0) is 30.2 Å². The van der Waals surface area contributed by atoms with E-state index in [-0.39, 0.29) is 26.8 Å². The molecule has 0 N–H and O–H groups in total. The zero-order valence-corrected chi connectivity index (χ0v) is 16.2. The van der Waals surface area contributed by atoms with Crippen molar-refractivity contribution < 1.29 is 26.8 Å². The van der Waals surface area contributed by atoms with Gasteiger partial charge in [0.2, 0.25) is 0 Å². The van der Waals surface area contributed by atoms with Crippen molar-refractivity contribution in [3.8, 4) is 0 Å². The van der Waals surface area contributed by atoms with Crippen LogP contribution in [-0.4, -0.2) is 0 Å². The van der Waals surface area contributed by atoms with E-state index in [0.29, 0.717) is 0 Å². The van der Waals surface area contributed by atoms with Gasteiger partial charge in [-0.2, -0.15) is 35.4 Å². The molecular weight excluding hydrogens is 378 g/mol. The Morgan fingerprint density at radius 3 is 1.04 bits per heavy atom. The van der Waals surface area contributed by atoms with Gasteiger partial charge in [0.05, 0.1) is 0 Å². The molecule has 0 saturated heterocycles. The molecule has 138 valence electrons. The normalized spacial score (nSPS) is 8.89. The van der Waals surface area contributed by atoms with Crippen LogP contribution in [0.25, 0.3) is 0 Å². The molecule has 0 spiro atoms. The maximum Gasteiger partial charge on any atom is 4.00 e. The van der Waals surface area contributed by atoms with Gasteiger partial charge in [0.15, 0.2) is 0 Å². The van der Waals surface area contributed by atoms with E-state index >= 15 is 0 Å². The Bertz CT molecular complexity index is 721. The Hall–Kier alpha value is -2.47. The number of hydrogen-bond acceptors (Lipinski definition) is 0. The van der Waals surface area contributed by atoms with E-state index in [1.807, 2.05) is 0 Å². The fourth-order valence-corrected chi connectivity index (χ4v) is 2.73. The van der Waals surface area contributed by atoms with Gasteiger partial charge in [0, 0.05) is 0 Å². The molecule has 0 atom stereocenters. The summed E-state index contributed by atoms with van der Waals surface area (Å²) in [6.45, 7) is 0. The number of rotatable bonds is 4. The second kappa shape index (κ2) is 13.7. The summed E-state index contributed by atoms with van der Waals surface area (Å²) in [5, 5.41) is 0. The molecule has 4 rings (SSSR count). The van der Waals surface area contributed by atoms with Gasteiger partial charge < -0.3 is 9.41 Å². The van der Waals surface area contributed by atoms with Crippen LogP contribution in [0.1, 0.15) is 22.3 Å². The Kier molecular flexibility index (Phi) is 12.4. The summed E-state index contributed by atoms with van der Waals surface area (Å²) >= 11 is 0. The minimum absolute atomic E-state index is 0. The zero-order chi connectivity index (χ0) is 16.5. The molecule has 0 unspecified atom stereocenters. The van der Waals surface area contributed by atoms with Crippen LogP contribution in [0.5, 0.6) is 0 Å². The third kappa shape index (κ3) is 8.64. The minimum Gasteiger partial charge on any atom is -1.00 e. The molecule has 0 aromatic heterocycles. The number of benzene rings is 2. The molecule has 0 aliphatic rings. The molecule has 0 aliphatic heterocycles. The van der Waals surface area contributed by atoms with E-state index in [4.69, 9.17) is 0 Å². The van der Waals surface area contributed by atoms with Crippen molar-refractivity contribution in [1.29, 1.82) is 0 Å². The number of hydrogen-bond donors (Lipinski definition) is 0. The molecular formula is C24H22CrF2. The molecule has 4 aromatic rings. The molecule has 27 heavy (non-hydrogen) atoms. The molecule has 3 heteroatoms. The van der Waals surface area contributed by atoms with Gasteiger partial charge in [-0.15, -0.1) is 0 Å². The van der Waals surface area contributed by atoms with Crippen molar-refractivity contribution in [1.82, 2.24) is 0 Å². The summed E-state index contributed by atoms with van der Waals surface area (Å²) < 4.78 is 0. The van der Waals surface area contributed by atoms with Gasteiger partial charge in [-0.25, -0.2) is 24.3 Å². The second-order valence-corrected chi connectivity index (χ2v) is 5.91. The standard InChI is InChI=1S/2C12H11.Cr.2FH/c2*1-2-6-11(7-3-1)10-12-8-4-5-9-12;;;/h2*1-9H,10H2;;2*1H/q2*-1;+4;;/p-2. The Morgan fingerprint density at radius 1 is 0.444 bits per heavy atom. The fraction of sp³-hybridized carbons (Fsp3) is 0.0833. The third-order valence-corrected chi connectivity index (χ3v) is 3.97. The van der Waals surface area contributed by atoms with Gasteiger partial charge in [-0.3, -0.25) is 0 Å². The van der Waals surface area contributed by atoms with Crippen LogP contribution in [0.15, 0.2) is 109 Å². The molecule has 0 nitrogen and oxygen atoms in total. The van der Waals surface area contributed by atoms with Crippen LogP contribution in [0.2, 0.25) is 0 Å². The summed E-state index contributed by atoms with van der Waals surface area (Å²) in [7, 11) is 0. The molecule has 0 bridgehead atoms. The van der Waals surface area contributed by atoms with Crippen LogP contribution >= 0.6 is 0 Å². The van der Waals surface area contributed by atoms with E-state index in [1.54, 1.807) is 0 Å². The predicted molar refractivity (Wildman–Crippen MR) is 103 cm³/mol. The average Bonchev–Trinajstić information content (AvgIpc) is 3.32. The molecule has 0 heterocycles. The van der Waals surface area contributed by atoms with Crippen molar-refractivity contribution in [3.05, 3.63) is 131 Å². The van der Waals surface area contributed by atoms with Crippen LogP contribution in [0, 0.1) is 0 Å². The molecule has 0 fully saturated rings. The first-order valence-electron chi connectivity index (χ1n) is 8.39. The summed E-state index contributed by atoms with van der Waals surface area (Å²) in [5.41, 5.74) is 5.54. The van der Waals surface area contributed by atoms with Crippen LogP contribution < -0.4 is 9.41 Å². The summed E-state index contributed by atoms with van der Waals surface area (Å²) in [4.78, 5) is 0. The molecule has 0 aliphatic carbocycles. The topological polar surface area (TPSA) is 0 Å². The quantitative estimate of drug-likeness (QED) is 0.423. The van der Waals surface area contributed by atoms with Gasteiger partial charge >= 0.3 is 17.4 Å². The Morgan fingerprint density at radius 2 is 0.741 bits per heavy atom. The first-order valence-corrected chi connectivity index (χ1v) is 8.39. The first kappa shape index (κ1) is 24.5. The van der Waals surface area contributed by atoms with E-state index in [0.717, 1.165) is 12.8 Å². The Labute approximate surface area is 171 Å². The first-order chi connectivity index (χ1) is 11.9. The van der Waals surface area contributed by atoms with E-state index in [9.17, 15) is 0 Å². The summed E-state index contributed by atoms with van der Waals surface area (Å²) in [5.74, 6) is 0. The maximum absolute atomic E-state index is 2.16. The van der Waals surface area contributed by atoms with Crippen LogP contribution in [0.3, 0.4) is 0 Å². The minimum atomic E-state index is 0. The number of halogens is 2. The monoisotopic (exact) mass is 400 g/mol. The predicted octanol–water partition coefficient (Wildman–Crippen LogP) is -0.00190. The average molecular weight is 400 g/mol. The second-order valence-electron chi connectivity index (χ2n) is 5.91. The van der Waals surface area contributed by atoms with Gasteiger partial charge in [0.25, 0.3) is 0 Å². The molecule has 0 radical (unpaired) electrons. The smallest absolute Gasteiger partial charge is 1.00 e. The largest absolute Gasteiger partial charge is 4.00 e. The molecule has 0 amide bonds. The van der Waals surface area contributed by atoms with E-state index in [1.165, 1.54) is 22.3 Å². The van der Waals surface area contributed by atoms with Crippen molar-refractivity contribution in [2.75, 3.05) is 0 Å². The van der Waals surface area contributed by atoms with Crippen molar-refractivity contribution in [2.24, 2.45) is 0 Å². The third-order valence-electron chi connectivity index (χ3n) is 3.97. The Balaban J connectivity index is 0.000000451. The maximum atomic E-state index is 2.16. The van der Waals surface area contributed by atoms with Gasteiger partial charge in [-0.1, -0.05) is 71.8 Å². The molecule has 0 saturated carbocycles. The van der Waals surface area contributed by atoms with Crippen molar-refractivity contribution in [2.45, 2.75) is 12.8 Å². The fourth-order valence-electron chi connectivity index (χ4n) is 2.73. The van der Waals surface area contributed by atoms with Gasteiger partial charge in [-0.05, 0) is 12.8 Å². The summed E-state index contributed by atoms with van der Waals surface area (Å²) in [6.07, 6.45) is 2.10. The van der Waals surface area contributed by atoms with Crippen LogP contribution in [0.4, 0.5) is 0 Å². The van der Waals surface area contributed by atoms with E-state index < -0.39 is 0 Å². The van der Waals surface area contributed by atoms with E-state index in [2.05, 4.69) is 109 Å². The molecule has 4 aromatic carbocycles. The van der Waals surface area contributed by atoms with Crippen molar-refractivity contribution >= 4 is 0 Å².